The fourth-order valence-electron chi connectivity index (χ4n) is 3.62. The number of aromatic nitrogens is 1. The van der Waals surface area contributed by atoms with Crippen LogP contribution < -0.4 is 15.0 Å². The van der Waals surface area contributed by atoms with Crippen molar-refractivity contribution < 1.29 is 14.3 Å². The van der Waals surface area contributed by atoms with Crippen molar-refractivity contribution >= 4 is 5.91 Å². The molecule has 1 aromatic heterocycles. The van der Waals surface area contributed by atoms with Crippen molar-refractivity contribution in [3.8, 4) is 11.5 Å². The average Bonchev–Trinajstić information content (AvgIpc) is 3.12. The maximum atomic E-state index is 12.6. The van der Waals surface area contributed by atoms with Gasteiger partial charge in [-0.3, -0.25) is 9.59 Å². The zero-order valence-electron chi connectivity index (χ0n) is 14.8. The van der Waals surface area contributed by atoms with E-state index in [4.69, 9.17) is 9.47 Å². The lowest BCUT2D eigenvalue weighted by Gasteiger charge is -2.32. The Balaban J connectivity index is 1.36. The third-order valence-corrected chi connectivity index (χ3v) is 5.24. The van der Waals surface area contributed by atoms with E-state index >= 15 is 0 Å². The minimum absolute atomic E-state index is 0.0174. The Bertz CT molecular complexity index is 882. The Morgan fingerprint density at radius 1 is 1.12 bits per heavy atom. The molecule has 1 fully saturated rings. The van der Waals surface area contributed by atoms with Crippen molar-refractivity contribution in [2.75, 3.05) is 19.9 Å². The van der Waals surface area contributed by atoms with Crippen molar-refractivity contribution in [3.63, 3.8) is 0 Å². The molecule has 1 aromatic carbocycles. The highest BCUT2D eigenvalue weighted by Gasteiger charge is 2.24. The fraction of sp³-hybridized carbons (Fsp3) is 0.400. The van der Waals surface area contributed by atoms with Gasteiger partial charge in [0.1, 0.15) is 0 Å². The van der Waals surface area contributed by atoms with Crippen molar-refractivity contribution in [1.82, 2.24) is 9.47 Å². The summed E-state index contributed by atoms with van der Waals surface area (Å²) >= 11 is 0. The molecule has 6 nitrogen and oxygen atoms in total. The van der Waals surface area contributed by atoms with Crippen LogP contribution in [-0.4, -0.2) is 35.3 Å². The molecule has 0 bridgehead atoms. The van der Waals surface area contributed by atoms with Gasteiger partial charge in [-0.25, -0.2) is 0 Å². The number of hydrogen-bond acceptors (Lipinski definition) is 4. The van der Waals surface area contributed by atoms with E-state index in [0.717, 1.165) is 42.8 Å². The topological polar surface area (TPSA) is 60.8 Å². The second-order valence-corrected chi connectivity index (χ2v) is 6.93. The number of pyridine rings is 1. The number of likely N-dealkylation sites (tertiary alicyclic amines) is 1. The smallest absolute Gasteiger partial charge is 0.250 e. The van der Waals surface area contributed by atoms with Gasteiger partial charge in [-0.1, -0.05) is 6.07 Å². The molecule has 136 valence electrons. The quantitative estimate of drug-likeness (QED) is 0.847. The summed E-state index contributed by atoms with van der Waals surface area (Å²) in [7, 11) is 1.75. The predicted molar refractivity (Wildman–Crippen MR) is 96.5 cm³/mol. The molecule has 4 rings (SSSR count). The standard InChI is InChI=1S/C20H22N2O4/c1-21-7-4-16(12-19(21)23)15-5-8-22(9-6-15)20(24)11-14-2-3-17-18(10-14)26-13-25-17/h2-4,7,10,12,15H,5-6,8-9,11,13H2,1H3. The number of ether oxygens (including phenoxy) is 2. The maximum absolute atomic E-state index is 12.6. The summed E-state index contributed by atoms with van der Waals surface area (Å²) in [5.74, 6) is 1.92. The predicted octanol–water partition coefficient (Wildman–Crippen LogP) is 2.06. The van der Waals surface area contributed by atoms with E-state index in [2.05, 4.69) is 0 Å². The molecule has 6 heteroatoms. The van der Waals surface area contributed by atoms with Crippen LogP contribution in [0.4, 0.5) is 0 Å². The monoisotopic (exact) mass is 354 g/mol. The Morgan fingerprint density at radius 3 is 2.65 bits per heavy atom. The summed E-state index contributed by atoms with van der Waals surface area (Å²) in [6.45, 7) is 1.69. The van der Waals surface area contributed by atoms with Gasteiger partial charge >= 0.3 is 0 Å². The number of benzene rings is 1. The molecule has 2 aromatic rings. The number of piperidine rings is 1. The van der Waals surface area contributed by atoms with Gasteiger partial charge in [0, 0.05) is 32.4 Å². The molecule has 0 unspecified atom stereocenters. The van der Waals surface area contributed by atoms with E-state index in [1.54, 1.807) is 17.7 Å². The number of rotatable bonds is 3. The molecule has 26 heavy (non-hydrogen) atoms. The van der Waals surface area contributed by atoms with Crippen LogP contribution in [0.1, 0.15) is 29.9 Å². The molecule has 1 saturated heterocycles. The number of nitrogens with zero attached hydrogens (tertiary/aromatic N) is 2. The van der Waals surface area contributed by atoms with E-state index in [1.165, 1.54) is 0 Å². The number of aryl methyl sites for hydroxylation is 1. The normalized spacial score (nSPS) is 16.7. The first kappa shape index (κ1) is 16.7. The van der Waals surface area contributed by atoms with E-state index in [-0.39, 0.29) is 18.3 Å². The highest BCUT2D eigenvalue weighted by molar-refractivity contribution is 5.79. The maximum Gasteiger partial charge on any atom is 0.250 e. The summed E-state index contributed by atoms with van der Waals surface area (Å²) in [5.41, 5.74) is 2.03. The summed E-state index contributed by atoms with van der Waals surface area (Å²) in [5, 5.41) is 0. The molecule has 2 aliphatic rings. The fourth-order valence-corrected chi connectivity index (χ4v) is 3.62. The van der Waals surface area contributed by atoms with Crippen molar-refractivity contribution in [3.05, 3.63) is 58.0 Å². The third kappa shape index (κ3) is 3.31. The molecule has 0 N–H and O–H groups in total. The SMILES string of the molecule is Cn1ccc(C2CCN(C(=O)Cc3ccc4c(c3)OCO4)CC2)cc1=O. The van der Waals surface area contributed by atoms with Gasteiger partial charge in [-0.2, -0.15) is 0 Å². The molecule has 0 atom stereocenters. The van der Waals surface area contributed by atoms with Gasteiger partial charge in [-0.15, -0.1) is 0 Å². The Labute approximate surface area is 152 Å². The van der Waals surface area contributed by atoms with Crippen LogP contribution >= 0.6 is 0 Å². The second-order valence-electron chi connectivity index (χ2n) is 6.93. The summed E-state index contributed by atoms with van der Waals surface area (Å²) in [6, 6.07) is 9.38. The van der Waals surface area contributed by atoms with Crippen LogP contribution in [0.5, 0.6) is 11.5 Å². The van der Waals surface area contributed by atoms with E-state index in [1.807, 2.05) is 35.4 Å². The van der Waals surface area contributed by atoms with Crippen LogP contribution in [0.15, 0.2) is 41.3 Å². The summed E-state index contributed by atoms with van der Waals surface area (Å²) < 4.78 is 12.3. The highest BCUT2D eigenvalue weighted by atomic mass is 16.7. The molecule has 1 amide bonds. The van der Waals surface area contributed by atoms with E-state index < -0.39 is 0 Å². The van der Waals surface area contributed by atoms with Gasteiger partial charge in [-0.05, 0) is 48.1 Å². The minimum Gasteiger partial charge on any atom is -0.454 e. The average molecular weight is 354 g/mol. The van der Waals surface area contributed by atoms with Gasteiger partial charge in [0.2, 0.25) is 12.7 Å². The number of fused-ring (bicyclic) bond motifs is 1. The minimum atomic E-state index is 0.0174. The Morgan fingerprint density at radius 2 is 1.88 bits per heavy atom. The van der Waals surface area contributed by atoms with Gasteiger partial charge in [0.25, 0.3) is 5.56 Å². The largest absolute Gasteiger partial charge is 0.454 e. The first-order valence-electron chi connectivity index (χ1n) is 8.93. The lowest BCUT2D eigenvalue weighted by atomic mass is 9.90. The number of carbonyl (C=O) groups is 1. The van der Waals surface area contributed by atoms with E-state index in [9.17, 15) is 9.59 Å². The first-order chi connectivity index (χ1) is 12.6. The molecule has 2 aliphatic heterocycles. The molecule has 0 saturated carbocycles. The molecular weight excluding hydrogens is 332 g/mol. The summed E-state index contributed by atoms with van der Waals surface area (Å²) in [6.07, 6.45) is 3.96. The zero-order chi connectivity index (χ0) is 18.1. The third-order valence-electron chi connectivity index (χ3n) is 5.24. The number of hydrogen-bond donors (Lipinski definition) is 0. The summed E-state index contributed by atoms with van der Waals surface area (Å²) in [4.78, 5) is 26.3. The lowest BCUT2D eigenvalue weighted by Crippen LogP contribution is -2.39. The van der Waals surface area contributed by atoms with Gasteiger partial charge in [0.05, 0.1) is 6.42 Å². The first-order valence-corrected chi connectivity index (χ1v) is 8.93. The molecule has 0 aliphatic carbocycles. The second kappa shape index (κ2) is 6.86. The Hall–Kier alpha value is -2.76. The van der Waals surface area contributed by atoms with E-state index in [0.29, 0.717) is 18.1 Å². The van der Waals surface area contributed by atoms with Crippen LogP contribution in [-0.2, 0) is 18.3 Å². The van der Waals surface area contributed by atoms with Crippen LogP contribution in [0, 0.1) is 0 Å². The molecule has 0 radical (unpaired) electrons. The molecular formula is C20H22N2O4. The number of amides is 1. The van der Waals surface area contributed by atoms with Crippen LogP contribution in [0.2, 0.25) is 0 Å². The lowest BCUT2D eigenvalue weighted by molar-refractivity contribution is -0.131. The van der Waals surface area contributed by atoms with Gasteiger partial charge in [0.15, 0.2) is 11.5 Å². The zero-order valence-corrected chi connectivity index (χ0v) is 14.8. The molecule has 3 heterocycles. The van der Waals surface area contributed by atoms with Crippen molar-refractivity contribution in [1.29, 1.82) is 0 Å². The van der Waals surface area contributed by atoms with Gasteiger partial charge < -0.3 is 18.9 Å². The van der Waals surface area contributed by atoms with Crippen molar-refractivity contribution in [2.24, 2.45) is 7.05 Å². The number of carbonyl (C=O) groups excluding carboxylic acids is 1. The Kier molecular flexibility index (Phi) is 4.41. The van der Waals surface area contributed by atoms with Crippen LogP contribution in [0.25, 0.3) is 0 Å². The van der Waals surface area contributed by atoms with Crippen LogP contribution in [0.3, 0.4) is 0 Å². The molecule has 0 spiro atoms. The van der Waals surface area contributed by atoms with Crippen molar-refractivity contribution in [2.45, 2.75) is 25.2 Å². The highest BCUT2D eigenvalue weighted by Crippen LogP contribution is 2.33.